The standard InChI is InChI=1S/C48H76N2.2C2H5.Ni/c1-9-16-23-28-40-33-42(34-41(29-24-17-10-2)46(40)32-25-18-11-3)47-37(8)44(30-21-14-6)48(50(47)49)43-35-38(26-19-12-4)45(31-22-15-7)39(36-43)27-20-13-5;2*1-2;/h33-36H,9-32H2,1-8H3;2*1H2,2H3;/q;2*-1;+2. The Morgan fingerprint density at radius 3 is 1.09 bits per heavy atom. The van der Waals surface area contributed by atoms with Crippen molar-refractivity contribution in [1.29, 1.82) is 0 Å². The summed E-state index contributed by atoms with van der Waals surface area (Å²) < 4.78 is 1.65. The van der Waals surface area contributed by atoms with Gasteiger partial charge in [-0.15, -0.1) is 0 Å². The van der Waals surface area contributed by atoms with Gasteiger partial charge >= 0.3 is 16.5 Å². The van der Waals surface area contributed by atoms with E-state index in [2.05, 4.69) is 93.5 Å². The van der Waals surface area contributed by atoms with E-state index >= 15 is 0 Å². The fourth-order valence-electron chi connectivity index (χ4n) is 8.19. The van der Waals surface area contributed by atoms with Crippen molar-refractivity contribution in [3.8, 4) is 0 Å². The number of aryl methyl sites for hydroxylation is 4. The van der Waals surface area contributed by atoms with E-state index in [0.717, 1.165) is 56.3 Å². The molecule has 0 aliphatic carbocycles. The van der Waals surface area contributed by atoms with Crippen LogP contribution in [0.2, 0.25) is 0 Å². The molecule has 314 valence electrons. The van der Waals surface area contributed by atoms with Crippen LogP contribution in [-0.4, -0.2) is 4.70 Å². The molecular formula is C52H86N2Ni. The largest absolute Gasteiger partial charge is 2.00 e. The van der Waals surface area contributed by atoms with Crippen LogP contribution < -0.4 is 0 Å². The van der Waals surface area contributed by atoms with Gasteiger partial charge in [0.2, 0.25) is 11.4 Å². The van der Waals surface area contributed by atoms with Gasteiger partial charge in [-0.05, 0) is 154 Å². The van der Waals surface area contributed by atoms with Crippen molar-refractivity contribution in [2.24, 2.45) is 0 Å². The summed E-state index contributed by atoms with van der Waals surface area (Å²) in [4.78, 5) is 0. The zero-order chi connectivity index (χ0) is 40.3. The molecule has 1 heterocycles. The minimum absolute atomic E-state index is 0. The monoisotopic (exact) mass is 797 g/mol. The molecule has 0 N–H and O–H groups in total. The Bertz CT molecular complexity index is 1350. The maximum absolute atomic E-state index is 12.5. The maximum atomic E-state index is 12.5. The molecule has 0 atom stereocenters. The molecular weight excluding hydrogens is 711 g/mol. The van der Waals surface area contributed by atoms with Gasteiger partial charge in [0.15, 0.2) is 0 Å². The Kier molecular flexibility index (Phi) is 30.9. The molecule has 2 aromatic rings. The van der Waals surface area contributed by atoms with E-state index in [4.69, 9.17) is 0 Å². The van der Waals surface area contributed by atoms with E-state index in [0.29, 0.717) is 0 Å². The van der Waals surface area contributed by atoms with E-state index in [1.165, 1.54) is 143 Å². The maximum Gasteiger partial charge on any atom is 2.00 e. The first-order valence-electron chi connectivity index (χ1n) is 23.0. The number of unbranched alkanes of at least 4 members (excludes halogenated alkanes) is 10. The van der Waals surface area contributed by atoms with Crippen molar-refractivity contribution in [3.63, 3.8) is 0 Å². The third-order valence-electron chi connectivity index (χ3n) is 11.2. The minimum Gasteiger partial charge on any atom is -0.493 e. The van der Waals surface area contributed by atoms with Crippen molar-refractivity contribution in [2.75, 3.05) is 0 Å². The van der Waals surface area contributed by atoms with Crippen LogP contribution in [0.15, 0.2) is 35.4 Å². The molecule has 1 aliphatic heterocycles. The molecule has 0 bridgehead atoms. The van der Waals surface area contributed by atoms with Crippen LogP contribution in [0.5, 0.6) is 0 Å². The zero-order valence-corrected chi connectivity index (χ0v) is 38.9. The van der Waals surface area contributed by atoms with Crippen LogP contribution in [0.3, 0.4) is 0 Å². The number of hydrogen-bond donors (Lipinski definition) is 0. The Labute approximate surface area is 353 Å². The van der Waals surface area contributed by atoms with E-state index < -0.39 is 0 Å². The van der Waals surface area contributed by atoms with Gasteiger partial charge in [0.25, 0.3) is 0 Å². The van der Waals surface area contributed by atoms with Crippen molar-refractivity contribution in [2.45, 2.75) is 223 Å². The van der Waals surface area contributed by atoms with E-state index in [9.17, 15) is 5.53 Å². The summed E-state index contributed by atoms with van der Waals surface area (Å²) in [5.74, 6) is 0. The van der Waals surface area contributed by atoms with Crippen LogP contribution >= 0.6 is 0 Å². The molecule has 3 rings (SSSR count). The van der Waals surface area contributed by atoms with Crippen LogP contribution in [-0.2, 0) is 55.0 Å². The summed E-state index contributed by atoms with van der Waals surface area (Å²) >= 11 is 0. The third-order valence-corrected chi connectivity index (χ3v) is 11.2. The average molecular weight is 798 g/mol. The van der Waals surface area contributed by atoms with Gasteiger partial charge in [-0.2, -0.15) is 13.8 Å². The molecule has 55 heavy (non-hydrogen) atoms. The molecule has 0 unspecified atom stereocenters. The predicted molar refractivity (Wildman–Crippen MR) is 243 cm³/mol. The molecule has 1 aliphatic rings. The Balaban J connectivity index is 0.00000564. The number of benzene rings is 2. The molecule has 0 spiro atoms. The third kappa shape index (κ3) is 16.4. The smallest absolute Gasteiger partial charge is 0.493 e. The Morgan fingerprint density at radius 1 is 0.418 bits per heavy atom. The number of allylic oxidation sites excluding steroid dienone is 2. The second-order valence-corrected chi connectivity index (χ2v) is 15.4. The summed E-state index contributed by atoms with van der Waals surface area (Å²) in [6, 6.07) is 9.96. The second kappa shape index (κ2) is 32.0. The predicted octanol–water partition coefficient (Wildman–Crippen LogP) is 17.0. The topological polar surface area (TPSA) is 25.3 Å². The quantitative estimate of drug-likeness (QED) is 0.0392. The second-order valence-electron chi connectivity index (χ2n) is 15.4. The van der Waals surface area contributed by atoms with Crippen LogP contribution in [0, 0.1) is 13.8 Å². The van der Waals surface area contributed by atoms with Crippen molar-refractivity contribution < 1.29 is 21.2 Å². The minimum atomic E-state index is 0. The van der Waals surface area contributed by atoms with Crippen molar-refractivity contribution in [3.05, 3.63) is 99.3 Å². The van der Waals surface area contributed by atoms with Crippen molar-refractivity contribution in [1.82, 2.24) is 0 Å². The van der Waals surface area contributed by atoms with Gasteiger partial charge in [-0.1, -0.05) is 113 Å². The summed E-state index contributed by atoms with van der Waals surface area (Å²) in [6.45, 7) is 28.5. The van der Waals surface area contributed by atoms with E-state index in [1.54, 1.807) is 40.8 Å². The molecule has 0 saturated carbocycles. The normalized spacial score (nSPS) is 12.4. The zero-order valence-electron chi connectivity index (χ0n) is 37.9. The molecule has 2 nitrogen and oxygen atoms in total. The summed E-state index contributed by atoms with van der Waals surface area (Å²) in [6.07, 6.45) is 28.9. The number of hydrogen-bond acceptors (Lipinski definition) is 0. The summed E-state index contributed by atoms with van der Waals surface area (Å²) in [5.41, 5.74) is 29.0. The van der Waals surface area contributed by atoms with E-state index in [1.807, 2.05) is 0 Å². The molecule has 0 radical (unpaired) electrons. The van der Waals surface area contributed by atoms with Gasteiger partial charge in [-0.3, -0.25) is 0 Å². The molecule has 0 fully saturated rings. The van der Waals surface area contributed by atoms with Crippen LogP contribution in [0.25, 0.3) is 16.9 Å². The van der Waals surface area contributed by atoms with E-state index in [-0.39, 0.29) is 16.5 Å². The van der Waals surface area contributed by atoms with Gasteiger partial charge in [0, 0.05) is 22.3 Å². The summed E-state index contributed by atoms with van der Waals surface area (Å²) in [5, 5.41) is 0. The first-order chi connectivity index (χ1) is 26.4. The molecule has 0 aromatic heterocycles. The van der Waals surface area contributed by atoms with Gasteiger partial charge in [0.05, 0.1) is 0 Å². The SMILES string of the molecule is CCCCCc1cc(C2=C(C)C(CCCC)=C(c3cc(CCCC)c(CCCC)c(CCCC)c3)[N+]2=[N-])cc(CCCCC)c1CCCCC.[CH2-]C.[CH2-]C.[Ni+2]. The number of nitrogens with zero attached hydrogens (tertiary/aromatic N) is 2. The van der Waals surface area contributed by atoms with Gasteiger partial charge in [0.1, 0.15) is 0 Å². The molecule has 0 saturated heterocycles. The molecule has 0 amide bonds. The first kappa shape index (κ1) is 53.0. The van der Waals surface area contributed by atoms with Crippen LogP contribution in [0.4, 0.5) is 0 Å². The average Bonchev–Trinajstić information content (AvgIpc) is 3.44. The fraction of sp³-hybridized carbons (Fsp3) is 0.654. The Hall–Kier alpha value is -1.99. The van der Waals surface area contributed by atoms with Crippen LogP contribution in [0.1, 0.15) is 229 Å². The van der Waals surface area contributed by atoms with Crippen molar-refractivity contribution >= 4 is 11.4 Å². The fourth-order valence-corrected chi connectivity index (χ4v) is 8.19. The molecule has 3 heteroatoms. The molecule has 2 aromatic carbocycles. The van der Waals surface area contributed by atoms with Gasteiger partial charge in [-0.25, -0.2) is 4.70 Å². The first-order valence-corrected chi connectivity index (χ1v) is 23.0. The Morgan fingerprint density at radius 2 is 0.709 bits per heavy atom. The number of rotatable bonds is 26. The van der Waals surface area contributed by atoms with Gasteiger partial charge < -0.3 is 19.4 Å². The summed E-state index contributed by atoms with van der Waals surface area (Å²) in [7, 11) is 0.